The minimum Gasteiger partial charge on any atom is -0.459 e. The van der Waals surface area contributed by atoms with Crippen molar-refractivity contribution in [2.45, 2.75) is 6.61 Å². The first-order valence-electron chi connectivity index (χ1n) is 4.25. The number of benzene rings is 1. The van der Waals surface area contributed by atoms with Gasteiger partial charge in [0.05, 0.1) is 11.6 Å². The van der Waals surface area contributed by atoms with E-state index in [-0.39, 0.29) is 0 Å². The summed E-state index contributed by atoms with van der Waals surface area (Å²) in [7, 11) is 1.62. The molecule has 2 aromatic rings. The monoisotopic (exact) mass is 187 g/mol. The minimum atomic E-state index is 0.455. The van der Waals surface area contributed by atoms with Crippen molar-refractivity contribution < 1.29 is 9.15 Å². The fourth-order valence-corrected chi connectivity index (χ4v) is 1.38. The zero-order valence-electron chi connectivity index (χ0n) is 7.78. The van der Waals surface area contributed by atoms with Crippen molar-refractivity contribution in [1.82, 2.24) is 0 Å². The topological polar surface area (TPSA) is 46.2 Å². The standard InChI is InChI=1S/C11H9NO2/c1-13-7-10-5-9-4-8(6-12)2-3-11(9)14-10/h2-5H,7H2,1H3. The van der Waals surface area contributed by atoms with Crippen LogP contribution in [0.4, 0.5) is 0 Å². The number of hydrogen-bond donors (Lipinski definition) is 0. The number of rotatable bonds is 2. The molecule has 0 fully saturated rings. The van der Waals surface area contributed by atoms with Gasteiger partial charge in [-0.1, -0.05) is 0 Å². The zero-order chi connectivity index (χ0) is 9.97. The molecule has 3 nitrogen and oxygen atoms in total. The molecule has 0 saturated heterocycles. The van der Waals surface area contributed by atoms with Gasteiger partial charge in [-0.15, -0.1) is 0 Å². The van der Waals surface area contributed by atoms with Crippen LogP contribution < -0.4 is 0 Å². The molecule has 0 saturated carbocycles. The van der Waals surface area contributed by atoms with Crippen LogP contribution in [0.1, 0.15) is 11.3 Å². The van der Waals surface area contributed by atoms with Crippen molar-refractivity contribution >= 4 is 11.0 Å². The quantitative estimate of drug-likeness (QED) is 0.725. The van der Waals surface area contributed by atoms with E-state index in [9.17, 15) is 0 Å². The highest BCUT2D eigenvalue weighted by atomic mass is 16.5. The summed E-state index contributed by atoms with van der Waals surface area (Å²) in [6.45, 7) is 0.455. The van der Waals surface area contributed by atoms with Gasteiger partial charge in [-0.3, -0.25) is 0 Å². The van der Waals surface area contributed by atoms with Gasteiger partial charge in [0.15, 0.2) is 0 Å². The second-order valence-electron chi connectivity index (χ2n) is 3.01. The minimum absolute atomic E-state index is 0.455. The third kappa shape index (κ3) is 1.48. The Hall–Kier alpha value is -1.79. The Balaban J connectivity index is 2.50. The summed E-state index contributed by atoms with van der Waals surface area (Å²) < 4.78 is 10.4. The SMILES string of the molecule is COCc1cc2cc(C#N)ccc2o1. The van der Waals surface area contributed by atoms with Crippen LogP contribution in [0.2, 0.25) is 0 Å². The van der Waals surface area contributed by atoms with Gasteiger partial charge in [0.1, 0.15) is 18.0 Å². The van der Waals surface area contributed by atoms with Crippen LogP contribution in [0, 0.1) is 11.3 Å². The molecule has 0 amide bonds. The Bertz CT molecular complexity index is 493. The maximum atomic E-state index is 8.70. The van der Waals surface area contributed by atoms with E-state index < -0.39 is 0 Å². The summed E-state index contributed by atoms with van der Waals surface area (Å²) in [6, 6.07) is 9.32. The molecule has 0 aliphatic heterocycles. The third-order valence-electron chi connectivity index (χ3n) is 1.98. The fraction of sp³-hybridized carbons (Fsp3) is 0.182. The lowest BCUT2D eigenvalue weighted by atomic mass is 10.2. The van der Waals surface area contributed by atoms with Crippen LogP contribution in [0.25, 0.3) is 11.0 Å². The van der Waals surface area contributed by atoms with E-state index in [1.807, 2.05) is 6.07 Å². The van der Waals surface area contributed by atoms with Gasteiger partial charge in [-0.05, 0) is 24.3 Å². The fourth-order valence-electron chi connectivity index (χ4n) is 1.38. The highest BCUT2D eigenvalue weighted by molar-refractivity contribution is 5.79. The molecule has 0 aliphatic carbocycles. The Morgan fingerprint density at radius 3 is 3.00 bits per heavy atom. The molecule has 0 spiro atoms. The number of fused-ring (bicyclic) bond motifs is 1. The van der Waals surface area contributed by atoms with Gasteiger partial charge < -0.3 is 9.15 Å². The molecule has 3 heteroatoms. The molecule has 0 bridgehead atoms. The van der Waals surface area contributed by atoms with E-state index in [4.69, 9.17) is 14.4 Å². The summed E-state index contributed by atoms with van der Waals surface area (Å²) >= 11 is 0. The van der Waals surface area contributed by atoms with Crippen LogP contribution in [0.3, 0.4) is 0 Å². The second kappa shape index (κ2) is 3.52. The molecule has 0 atom stereocenters. The summed E-state index contributed by atoms with van der Waals surface area (Å²) in [5.41, 5.74) is 1.43. The number of methoxy groups -OCH3 is 1. The lowest BCUT2D eigenvalue weighted by Crippen LogP contribution is -1.81. The first-order valence-corrected chi connectivity index (χ1v) is 4.25. The molecule has 1 heterocycles. The maximum Gasteiger partial charge on any atom is 0.134 e. The summed E-state index contributed by atoms with van der Waals surface area (Å²) in [6.07, 6.45) is 0. The van der Waals surface area contributed by atoms with Gasteiger partial charge >= 0.3 is 0 Å². The van der Waals surface area contributed by atoms with E-state index >= 15 is 0 Å². The largest absolute Gasteiger partial charge is 0.459 e. The average molecular weight is 187 g/mol. The predicted molar refractivity (Wildman–Crippen MR) is 51.6 cm³/mol. The molecule has 1 aromatic carbocycles. The lowest BCUT2D eigenvalue weighted by molar-refractivity contribution is 0.166. The molecule has 0 aliphatic rings. The summed E-state index contributed by atoms with van der Waals surface area (Å²) in [4.78, 5) is 0. The first-order chi connectivity index (χ1) is 6.83. The molecule has 0 unspecified atom stereocenters. The van der Waals surface area contributed by atoms with Crippen molar-refractivity contribution in [1.29, 1.82) is 5.26 Å². The van der Waals surface area contributed by atoms with Crippen LogP contribution in [-0.2, 0) is 11.3 Å². The highest BCUT2D eigenvalue weighted by Gasteiger charge is 2.03. The Morgan fingerprint density at radius 2 is 2.29 bits per heavy atom. The van der Waals surface area contributed by atoms with Gasteiger partial charge in [0, 0.05) is 12.5 Å². The maximum absolute atomic E-state index is 8.70. The molecular weight excluding hydrogens is 178 g/mol. The van der Waals surface area contributed by atoms with Gasteiger partial charge in [0.2, 0.25) is 0 Å². The first kappa shape index (κ1) is 8.79. The van der Waals surface area contributed by atoms with Crippen molar-refractivity contribution in [2.24, 2.45) is 0 Å². The Labute approximate surface area is 81.5 Å². The number of ether oxygens (including phenoxy) is 1. The Kier molecular flexibility index (Phi) is 2.21. The lowest BCUT2D eigenvalue weighted by Gasteiger charge is -1.90. The van der Waals surface area contributed by atoms with E-state index in [0.29, 0.717) is 12.2 Å². The highest BCUT2D eigenvalue weighted by Crippen LogP contribution is 2.20. The van der Waals surface area contributed by atoms with Crippen molar-refractivity contribution in [3.8, 4) is 6.07 Å². The summed E-state index contributed by atoms with van der Waals surface area (Å²) in [5.74, 6) is 0.776. The Morgan fingerprint density at radius 1 is 1.43 bits per heavy atom. The second-order valence-corrected chi connectivity index (χ2v) is 3.01. The van der Waals surface area contributed by atoms with E-state index in [1.54, 1.807) is 25.3 Å². The van der Waals surface area contributed by atoms with Crippen LogP contribution in [0.5, 0.6) is 0 Å². The number of nitrogens with zero attached hydrogens (tertiary/aromatic N) is 1. The van der Waals surface area contributed by atoms with Crippen LogP contribution in [-0.4, -0.2) is 7.11 Å². The van der Waals surface area contributed by atoms with Gasteiger partial charge in [0.25, 0.3) is 0 Å². The molecule has 70 valence electrons. The zero-order valence-corrected chi connectivity index (χ0v) is 7.78. The molecule has 2 rings (SSSR count). The van der Waals surface area contributed by atoms with Crippen LogP contribution in [0.15, 0.2) is 28.7 Å². The van der Waals surface area contributed by atoms with Gasteiger partial charge in [-0.2, -0.15) is 5.26 Å². The van der Waals surface area contributed by atoms with Crippen molar-refractivity contribution in [3.63, 3.8) is 0 Å². The third-order valence-corrected chi connectivity index (χ3v) is 1.98. The molecule has 14 heavy (non-hydrogen) atoms. The predicted octanol–water partition coefficient (Wildman–Crippen LogP) is 2.45. The van der Waals surface area contributed by atoms with Gasteiger partial charge in [-0.25, -0.2) is 0 Å². The molecule has 0 radical (unpaired) electrons. The summed E-state index contributed by atoms with van der Waals surface area (Å²) in [5, 5.41) is 9.64. The molecule has 1 aromatic heterocycles. The average Bonchev–Trinajstić information content (AvgIpc) is 2.59. The van der Waals surface area contributed by atoms with Crippen molar-refractivity contribution in [3.05, 3.63) is 35.6 Å². The van der Waals surface area contributed by atoms with Crippen LogP contribution >= 0.6 is 0 Å². The number of nitriles is 1. The molecule has 0 N–H and O–H groups in total. The van der Waals surface area contributed by atoms with E-state index in [2.05, 4.69) is 6.07 Å². The normalized spacial score (nSPS) is 10.3. The number of furan rings is 1. The van der Waals surface area contributed by atoms with E-state index in [1.165, 1.54) is 0 Å². The molecular formula is C11H9NO2. The smallest absolute Gasteiger partial charge is 0.134 e. The van der Waals surface area contributed by atoms with E-state index in [0.717, 1.165) is 16.7 Å². The number of hydrogen-bond acceptors (Lipinski definition) is 3. The van der Waals surface area contributed by atoms with Crippen molar-refractivity contribution in [2.75, 3.05) is 7.11 Å².